The molecule has 0 atom stereocenters. The summed E-state index contributed by atoms with van der Waals surface area (Å²) in [7, 11) is -3.65. The van der Waals surface area contributed by atoms with Crippen LogP contribution in [0.2, 0.25) is 0 Å². The zero-order chi connectivity index (χ0) is 12.5. The summed E-state index contributed by atoms with van der Waals surface area (Å²) in [5, 5.41) is 2.64. The number of nitrogens with one attached hydrogen (secondary N) is 1. The van der Waals surface area contributed by atoms with Crippen LogP contribution in [0.25, 0.3) is 0 Å². The van der Waals surface area contributed by atoms with Crippen LogP contribution in [-0.4, -0.2) is 26.1 Å². The molecule has 1 amide bonds. The lowest BCUT2D eigenvalue weighted by Gasteiger charge is -2.07. The fourth-order valence-corrected chi connectivity index (χ4v) is 2.81. The van der Waals surface area contributed by atoms with Crippen molar-refractivity contribution < 1.29 is 13.2 Å². The van der Waals surface area contributed by atoms with Gasteiger partial charge >= 0.3 is 0 Å². The number of carbonyl (C=O) groups is 1. The Morgan fingerprint density at radius 2 is 2.00 bits per heavy atom. The van der Waals surface area contributed by atoms with Gasteiger partial charge in [0.2, 0.25) is 5.91 Å². The average molecular weight is 254 g/mol. The van der Waals surface area contributed by atoms with E-state index in [1.54, 1.807) is 12.1 Å². The van der Waals surface area contributed by atoms with Crippen molar-refractivity contribution in [3.63, 3.8) is 0 Å². The molecule has 17 heavy (non-hydrogen) atoms. The quantitative estimate of drug-likeness (QED) is 0.757. The molecule has 0 radical (unpaired) electrons. The van der Waals surface area contributed by atoms with Crippen LogP contribution in [0.1, 0.15) is 12.8 Å². The Balaban J connectivity index is 2.13. The molecule has 6 heteroatoms. The second-order valence-corrected chi connectivity index (χ2v) is 6.10. The zero-order valence-electron chi connectivity index (χ0n) is 9.22. The third kappa shape index (κ3) is 2.97. The Morgan fingerprint density at radius 1 is 1.35 bits per heavy atom. The molecule has 1 aliphatic rings. The minimum absolute atomic E-state index is 0.0194. The third-order valence-electron chi connectivity index (χ3n) is 2.52. The molecule has 5 nitrogen and oxygen atoms in total. The van der Waals surface area contributed by atoms with Gasteiger partial charge in [-0.15, -0.1) is 0 Å². The molecule has 1 fully saturated rings. The molecule has 0 aliphatic heterocycles. The van der Waals surface area contributed by atoms with Gasteiger partial charge in [-0.05, 0) is 25.0 Å². The molecule has 0 unspecified atom stereocenters. The lowest BCUT2D eigenvalue weighted by Crippen LogP contribution is -2.32. The van der Waals surface area contributed by atoms with Crippen LogP contribution in [0.5, 0.6) is 0 Å². The molecule has 92 valence electrons. The molecular weight excluding hydrogens is 240 g/mol. The molecule has 0 heterocycles. The lowest BCUT2D eigenvalue weighted by molar-refractivity contribution is -0.118. The number of rotatable bonds is 4. The summed E-state index contributed by atoms with van der Waals surface area (Å²) in [4.78, 5) is 11.5. The number of hydrogen-bond acceptors (Lipinski definition) is 4. The van der Waals surface area contributed by atoms with Crippen molar-refractivity contribution in [2.45, 2.75) is 23.8 Å². The zero-order valence-corrected chi connectivity index (χ0v) is 10.0. The first-order chi connectivity index (χ1) is 7.99. The van der Waals surface area contributed by atoms with Gasteiger partial charge in [-0.1, -0.05) is 12.1 Å². The fourth-order valence-electron chi connectivity index (χ4n) is 1.51. The normalized spacial score (nSPS) is 15.5. The van der Waals surface area contributed by atoms with E-state index in [4.69, 9.17) is 5.73 Å². The second-order valence-electron chi connectivity index (χ2n) is 4.14. The fraction of sp³-hybridized carbons (Fsp3) is 0.364. The maximum Gasteiger partial charge on any atom is 0.235 e. The van der Waals surface area contributed by atoms with E-state index in [0.29, 0.717) is 0 Å². The van der Waals surface area contributed by atoms with Crippen LogP contribution in [0, 0.1) is 0 Å². The van der Waals surface area contributed by atoms with Gasteiger partial charge in [-0.3, -0.25) is 4.79 Å². The Hall–Kier alpha value is -1.56. The van der Waals surface area contributed by atoms with Gasteiger partial charge in [0, 0.05) is 6.04 Å². The van der Waals surface area contributed by atoms with E-state index in [1.165, 1.54) is 12.1 Å². The number of hydrogen-bond donors (Lipinski definition) is 2. The SMILES string of the molecule is Nc1ccccc1S(=O)(=O)CC(=O)NC1CC1. The number of carbonyl (C=O) groups excluding carboxylic acids is 1. The summed E-state index contributed by atoms with van der Waals surface area (Å²) in [6.45, 7) is 0. The minimum Gasteiger partial charge on any atom is -0.398 e. The van der Waals surface area contributed by atoms with Crippen molar-refractivity contribution in [1.82, 2.24) is 5.32 Å². The molecular formula is C11H14N2O3S. The first-order valence-electron chi connectivity index (χ1n) is 5.36. The molecule has 2 rings (SSSR count). The number of para-hydroxylation sites is 1. The lowest BCUT2D eigenvalue weighted by atomic mass is 10.3. The number of nitrogen functional groups attached to an aromatic ring is 1. The van der Waals surface area contributed by atoms with Gasteiger partial charge < -0.3 is 11.1 Å². The van der Waals surface area contributed by atoms with Crippen LogP contribution in [0.15, 0.2) is 29.2 Å². The van der Waals surface area contributed by atoms with Gasteiger partial charge in [0.15, 0.2) is 9.84 Å². The minimum atomic E-state index is -3.65. The predicted octanol–water partition coefficient (Wildman–Crippen LogP) is 0.321. The molecule has 0 aromatic heterocycles. The first kappa shape index (κ1) is 11.9. The summed E-state index contributed by atoms with van der Waals surface area (Å²) < 4.78 is 23.8. The summed E-state index contributed by atoms with van der Waals surface area (Å²) >= 11 is 0. The van der Waals surface area contributed by atoms with E-state index in [-0.39, 0.29) is 16.6 Å². The van der Waals surface area contributed by atoms with Gasteiger partial charge in [0.25, 0.3) is 0 Å². The highest BCUT2D eigenvalue weighted by molar-refractivity contribution is 7.92. The molecule has 0 saturated heterocycles. The van der Waals surface area contributed by atoms with Crippen molar-refractivity contribution in [2.24, 2.45) is 0 Å². The van der Waals surface area contributed by atoms with E-state index in [1.807, 2.05) is 0 Å². The molecule has 3 N–H and O–H groups in total. The number of amides is 1. The van der Waals surface area contributed by atoms with Crippen LogP contribution in [0.3, 0.4) is 0 Å². The molecule has 1 aromatic rings. The molecule has 1 aliphatic carbocycles. The van der Waals surface area contributed by atoms with Crippen molar-refractivity contribution in [3.05, 3.63) is 24.3 Å². The van der Waals surface area contributed by atoms with Crippen molar-refractivity contribution in [1.29, 1.82) is 0 Å². The number of sulfone groups is 1. The summed E-state index contributed by atoms with van der Waals surface area (Å²) in [6, 6.07) is 6.31. The van der Waals surface area contributed by atoms with Gasteiger partial charge in [-0.25, -0.2) is 8.42 Å². The Morgan fingerprint density at radius 3 is 2.59 bits per heavy atom. The van der Waals surface area contributed by atoms with E-state index in [2.05, 4.69) is 5.32 Å². The average Bonchev–Trinajstić information content (AvgIpc) is 3.00. The van der Waals surface area contributed by atoms with E-state index < -0.39 is 21.5 Å². The highest BCUT2D eigenvalue weighted by Gasteiger charge is 2.27. The number of anilines is 1. The third-order valence-corrected chi connectivity index (χ3v) is 4.20. The van der Waals surface area contributed by atoms with Crippen molar-refractivity contribution in [3.8, 4) is 0 Å². The Bertz CT molecular complexity index is 535. The molecule has 0 spiro atoms. The maximum absolute atomic E-state index is 11.9. The molecule has 1 saturated carbocycles. The second kappa shape index (κ2) is 4.37. The highest BCUT2D eigenvalue weighted by Crippen LogP contribution is 2.20. The molecule has 0 bridgehead atoms. The molecule has 1 aromatic carbocycles. The topological polar surface area (TPSA) is 89.3 Å². The largest absolute Gasteiger partial charge is 0.398 e. The number of nitrogens with two attached hydrogens (primary N) is 1. The monoisotopic (exact) mass is 254 g/mol. The van der Waals surface area contributed by atoms with E-state index >= 15 is 0 Å². The van der Waals surface area contributed by atoms with Crippen molar-refractivity contribution >= 4 is 21.4 Å². The standard InChI is InChI=1S/C11H14N2O3S/c12-9-3-1-2-4-10(9)17(15,16)7-11(14)13-8-5-6-8/h1-4,8H,5-7,12H2,(H,13,14). The van der Waals surface area contributed by atoms with Gasteiger partial charge in [-0.2, -0.15) is 0 Å². The van der Waals surface area contributed by atoms with Crippen LogP contribution >= 0.6 is 0 Å². The summed E-state index contributed by atoms with van der Waals surface area (Å²) in [5.41, 5.74) is 5.76. The van der Waals surface area contributed by atoms with Crippen LogP contribution < -0.4 is 11.1 Å². The maximum atomic E-state index is 11.9. The van der Waals surface area contributed by atoms with Crippen LogP contribution in [0.4, 0.5) is 5.69 Å². The smallest absolute Gasteiger partial charge is 0.235 e. The van der Waals surface area contributed by atoms with Crippen molar-refractivity contribution in [2.75, 3.05) is 11.5 Å². The predicted molar refractivity (Wildman–Crippen MR) is 64.1 cm³/mol. The van der Waals surface area contributed by atoms with E-state index in [9.17, 15) is 13.2 Å². The summed E-state index contributed by atoms with van der Waals surface area (Å²) in [6.07, 6.45) is 1.86. The van der Waals surface area contributed by atoms with Crippen LogP contribution in [-0.2, 0) is 14.6 Å². The van der Waals surface area contributed by atoms with Gasteiger partial charge in [0.05, 0.1) is 10.6 Å². The Kier molecular flexibility index (Phi) is 3.06. The van der Waals surface area contributed by atoms with Gasteiger partial charge in [0.1, 0.15) is 5.75 Å². The highest BCUT2D eigenvalue weighted by atomic mass is 32.2. The number of benzene rings is 1. The summed E-state index contributed by atoms with van der Waals surface area (Å²) in [5.74, 6) is -1.01. The Labute approximate surface area is 99.9 Å². The van der Waals surface area contributed by atoms with E-state index in [0.717, 1.165) is 12.8 Å². The first-order valence-corrected chi connectivity index (χ1v) is 7.01.